The lowest BCUT2D eigenvalue weighted by Crippen LogP contribution is -2.05. The van der Waals surface area contributed by atoms with Gasteiger partial charge in [-0.1, -0.05) is 92.7 Å². The molecule has 0 aliphatic heterocycles. The molecule has 120 valence electrons. The van der Waals surface area contributed by atoms with Crippen LogP contribution in [0, 0.1) is 0 Å². The molecule has 0 heteroatoms. The zero-order chi connectivity index (χ0) is 16.5. The van der Waals surface area contributed by atoms with Gasteiger partial charge in [0.25, 0.3) is 0 Å². The molecule has 0 radical (unpaired) electrons. The van der Waals surface area contributed by atoms with Gasteiger partial charge in [-0.3, -0.25) is 0 Å². The van der Waals surface area contributed by atoms with Crippen LogP contribution in [0.15, 0.2) is 78.9 Å². The largest absolute Gasteiger partial charge is 0.0622 e. The second kappa shape index (κ2) is 6.28. The van der Waals surface area contributed by atoms with Gasteiger partial charge in [0.2, 0.25) is 0 Å². The molecule has 0 saturated heterocycles. The molecule has 0 aromatic heterocycles. The van der Waals surface area contributed by atoms with Gasteiger partial charge in [0.15, 0.2) is 0 Å². The number of benzene rings is 3. The Bertz CT molecular complexity index is 831. The van der Waals surface area contributed by atoms with Gasteiger partial charge < -0.3 is 0 Å². The quantitative estimate of drug-likeness (QED) is 0.519. The molecule has 3 aromatic carbocycles. The average molecular weight is 312 g/mol. The van der Waals surface area contributed by atoms with E-state index in [4.69, 9.17) is 0 Å². The molecule has 0 bridgehead atoms. The molecule has 0 nitrogen and oxygen atoms in total. The highest BCUT2D eigenvalue weighted by Crippen LogP contribution is 2.47. The summed E-state index contributed by atoms with van der Waals surface area (Å²) in [5, 5.41) is 0. The zero-order valence-electron chi connectivity index (χ0n) is 14.4. The van der Waals surface area contributed by atoms with Crippen LogP contribution in [-0.2, 0) is 0 Å². The van der Waals surface area contributed by atoms with Gasteiger partial charge in [-0.05, 0) is 40.2 Å². The van der Waals surface area contributed by atoms with Crippen molar-refractivity contribution in [3.8, 4) is 0 Å². The van der Waals surface area contributed by atoms with E-state index in [0.29, 0.717) is 17.8 Å². The molecule has 24 heavy (non-hydrogen) atoms. The van der Waals surface area contributed by atoms with Crippen LogP contribution in [0.1, 0.15) is 65.8 Å². The molecule has 3 atom stereocenters. The minimum Gasteiger partial charge on any atom is -0.0622 e. The predicted molar refractivity (Wildman–Crippen MR) is 102 cm³/mol. The van der Waals surface area contributed by atoms with Crippen LogP contribution in [0.4, 0.5) is 0 Å². The Hall–Kier alpha value is -2.34. The van der Waals surface area contributed by atoms with E-state index in [1.807, 2.05) is 0 Å². The van der Waals surface area contributed by atoms with Crippen LogP contribution in [0.3, 0.4) is 0 Å². The molecule has 0 unspecified atom stereocenters. The predicted octanol–water partition coefficient (Wildman–Crippen LogP) is 6.48. The number of rotatable bonds is 3. The molecule has 0 N–H and O–H groups in total. The van der Waals surface area contributed by atoms with Gasteiger partial charge in [0.05, 0.1) is 0 Å². The second-order valence-electron chi connectivity index (χ2n) is 7.08. The van der Waals surface area contributed by atoms with Crippen LogP contribution in [0.5, 0.6) is 0 Å². The Morgan fingerprint density at radius 2 is 1.29 bits per heavy atom. The molecule has 0 fully saturated rings. The van der Waals surface area contributed by atoms with E-state index in [1.54, 1.807) is 0 Å². The number of hydrogen-bond acceptors (Lipinski definition) is 0. The van der Waals surface area contributed by atoms with Crippen molar-refractivity contribution in [1.29, 1.82) is 0 Å². The highest BCUT2D eigenvalue weighted by atomic mass is 14.3. The van der Waals surface area contributed by atoms with Crippen molar-refractivity contribution in [2.75, 3.05) is 0 Å². The van der Waals surface area contributed by atoms with Crippen LogP contribution < -0.4 is 0 Å². The van der Waals surface area contributed by atoms with Crippen molar-refractivity contribution < 1.29 is 0 Å². The molecular weight excluding hydrogens is 288 g/mol. The summed E-state index contributed by atoms with van der Waals surface area (Å²) >= 11 is 0. The van der Waals surface area contributed by atoms with Gasteiger partial charge in [-0.15, -0.1) is 0 Å². The molecule has 3 aromatic rings. The summed E-state index contributed by atoms with van der Waals surface area (Å²) in [6, 6.07) is 28.9. The highest BCUT2D eigenvalue weighted by molar-refractivity contribution is 5.49. The summed E-state index contributed by atoms with van der Waals surface area (Å²) in [7, 11) is 0. The molecular formula is C24H24. The van der Waals surface area contributed by atoms with E-state index in [2.05, 4.69) is 92.7 Å². The summed E-state index contributed by atoms with van der Waals surface area (Å²) in [5.41, 5.74) is 7.43. The van der Waals surface area contributed by atoms with E-state index < -0.39 is 0 Å². The molecule has 1 aliphatic carbocycles. The fourth-order valence-electron chi connectivity index (χ4n) is 4.32. The van der Waals surface area contributed by atoms with Crippen molar-refractivity contribution in [1.82, 2.24) is 0 Å². The van der Waals surface area contributed by atoms with Crippen LogP contribution >= 0.6 is 0 Å². The molecule has 1 aliphatic rings. The minimum atomic E-state index is 0.422. The van der Waals surface area contributed by atoms with Gasteiger partial charge >= 0.3 is 0 Å². The fourth-order valence-corrected chi connectivity index (χ4v) is 4.32. The maximum atomic E-state index is 2.36. The topological polar surface area (TPSA) is 0 Å². The van der Waals surface area contributed by atoms with Gasteiger partial charge in [0.1, 0.15) is 0 Å². The van der Waals surface area contributed by atoms with Crippen LogP contribution in [-0.4, -0.2) is 0 Å². The number of hydrogen-bond donors (Lipinski definition) is 0. The van der Waals surface area contributed by atoms with Crippen LogP contribution in [0.2, 0.25) is 0 Å². The lowest BCUT2D eigenvalue weighted by molar-refractivity contribution is 0.678. The third-order valence-electron chi connectivity index (χ3n) is 5.63. The van der Waals surface area contributed by atoms with E-state index in [-0.39, 0.29) is 0 Å². The monoisotopic (exact) mass is 312 g/mol. The summed E-state index contributed by atoms with van der Waals surface area (Å²) < 4.78 is 0. The maximum Gasteiger partial charge on any atom is 0.0101 e. The SMILES string of the molecule is C[C@@H](c1ccccc1)c1ccccc1[C@@H]1C[C@H](C)c2ccccc21. The Labute approximate surface area is 145 Å². The Morgan fingerprint density at radius 1 is 0.708 bits per heavy atom. The van der Waals surface area contributed by atoms with Gasteiger partial charge in [0, 0.05) is 11.8 Å². The maximum absolute atomic E-state index is 2.36. The van der Waals surface area contributed by atoms with Gasteiger partial charge in [-0.2, -0.15) is 0 Å². The van der Waals surface area contributed by atoms with Crippen molar-refractivity contribution in [3.05, 3.63) is 107 Å². The summed E-state index contributed by atoms with van der Waals surface area (Å²) in [5.74, 6) is 1.59. The second-order valence-corrected chi connectivity index (χ2v) is 7.08. The van der Waals surface area contributed by atoms with Crippen molar-refractivity contribution in [2.24, 2.45) is 0 Å². The van der Waals surface area contributed by atoms with Crippen molar-refractivity contribution in [3.63, 3.8) is 0 Å². The molecule has 0 amide bonds. The highest BCUT2D eigenvalue weighted by Gasteiger charge is 2.30. The smallest absolute Gasteiger partial charge is 0.0101 e. The lowest BCUT2D eigenvalue weighted by atomic mass is 9.82. The Balaban J connectivity index is 1.79. The van der Waals surface area contributed by atoms with Crippen molar-refractivity contribution in [2.45, 2.75) is 38.0 Å². The first-order valence-corrected chi connectivity index (χ1v) is 8.98. The van der Waals surface area contributed by atoms with E-state index in [1.165, 1.54) is 34.2 Å². The first-order valence-electron chi connectivity index (χ1n) is 8.98. The third-order valence-corrected chi connectivity index (χ3v) is 5.63. The average Bonchev–Trinajstić information content (AvgIpc) is 2.99. The van der Waals surface area contributed by atoms with E-state index in [9.17, 15) is 0 Å². The molecule has 4 rings (SSSR count). The van der Waals surface area contributed by atoms with Crippen molar-refractivity contribution >= 4 is 0 Å². The Kier molecular flexibility index (Phi) is 3.98. The Morgan fingerprint density at radius 3 is 2.04 bits per heavy atom. The zero-order valence-corrected chi connectivity index (χ0v) is 14.4. The fraction of sp³-hybridized carbons (Fsp3) is 0.250. The summed E-state index contributed by atoms with van der Waals surface area (Å²) in [6.07, 6.45) is 1.22. The third kappa shape index (κ3) is 2.57. The standard InChI is InChI=1S/C24H24/c1-17-16-24(22-14-8-6-12-20(17)22)23-15-9-7-13-21(23)18(2)19-10-4-3-5-11-19/h3-15,17-18,24H,16H2,1-2H3/t17-,18-,24+/m0/s1. The first kappa shape index (κ1) is 15.2. The summed E-state index contributed by atoms with van der Waals surface area (Å²) in [4.78, 5) is 0. The van der Waals surface area contributed by atoms with E-state index in [0.717, 1.165) is 0 Å². The first-order chi connectivity index (χ1) is 11.8. The number of fused-ring (bicyclic) bond motifs is 1. The molecule has 0 heterocycles. The lowest BCUT2D eigenvalue weighted by Gasteiger charge is -2.22. The van der Waals surface area contributed by atoms with Gasteiger partial charge in [-0.25, -0.2) is 0 Å². The molecule has 0 spiro atoms. The normalized spacial score (nSPS) is 20.6. The van der Waals surface area contributed by atoms with E-state index >= 15 is 0 Å². The molecule has 0 saturated carbocycles. The summed E-state index contributed by atoms with van der Waals surface area (Å²) in [6.45, 7) is 4.69. The minimum absolute atomic E-state index is 0.422. The van der Waals surface area contributed by atoms with Crippen LogP contribution in [0.25, 0.3) is 0 Å².